The third kappa shape index (κ3) is 4.57. The smallest absolute Gasteiger partial charge is 0.244 e. The predicted octanol–water partition coefficient (Wildman–Crippen LogP) is 2.73. The molecule has 1 heterocycles. The molecule has 3 aromatic rings. The largest absolute Gasteiger partial charge is 0.337 e. The molecule has 0 saturated heterocycles. The summed E-state index contributed by atoms with van der Waals surface area (Å²) in [4.78, 5) is 15.4. The van der Waals surface area contributed by atoms with Crippen molar-refractivity contribution < 1.29 is 17.7 Å². The second-order valence-corrected chi connectivity index (χ2v) is 7.58. The van der Waals surface area contributed by atoms with Crippen molar-refractivity contribution in [3.8, 4) is 11.4 Å². The van der Waals surface area contributed by atoms with E-state index in [-0.39, 0.29) is 16.7 Å². The van der Waals surface area contributed by atoms with Gasteiger partial charge in [-0.25, -0.2) is 8.42 Å². The van der Waals surface area contributed by atoms with Crippen LogP contribution in [0.15, 0.2) is 64.0 Å². The van der Waals surface area contributed by atoms with Crippen molar-refractivity contribution in [1.29, 1.82) is 0 Å². The average Bonchev–Trinajstić information content (AvgIpc) is 3.12. The van der Waals surface area contributed by atoms with Gasteiger partial charge in [0, 0.05) is 18.2 Å². The van der Waals surface area contributed by atoms with Gasteiger partial charge in [-0.3, -0.25) is 4.79 Å². The lowest BCUT2D eigenvalue weighted by Gasteiger charge is -2.11. The maximum atomic E-state index is 12.5. The molecule has 1 atom stereocenters. The maximum Gasteiger partial charge on any atom is 0.244 e. The van der Waals surface area contributed by atoms with Crippen LogP contribution in [0.25, 0.3) is 11.4 Å². The number of nitrogens with zero attached hydrogens (tertiary/aromatic N) is 2. The zero-order valence-corrected chi connectivity index (χ0v) is 15.5. The standard InChI is InChI=1S/C18H18N4O4S/c1-12(18-20-17(21-26-18)14-6-4-3-5-7-14)22-27(24,25)16-10-8-15(9-11-16)19-13(2)23/h3-12,22H,1-2H3,(H,19,23)/t12-/m0/s1. The van der Waals surface area contributed by atoms with Crippen molar-refractivity contribution in [2.24, 2.45) is 0 Å². The highest BCUT2D eigenvalue weighted by Crippen LogP contribution is 2.21. The molecule has 0 aliphatic carbocycles. The van der Waals surface area contributed by atoms with Gasteiger partial charge in [-0.05, 0) is 31.2 Å². The Kier molecular flexibility index (Phi) is 5.33. The molecule has 140 valence electrons. The van der Waals surface area contributed by atoms with Gasteiger partial charge < -0.3 is 9.84 Å². The molecule has 27 heavy (non-hydrogen) atoms. The predicted molar refractivity (Wildman–Crippen MR) is 99.2 cm³/mol. The van der Waals surface area contributed by atoms with E-state index in [1.54, 1.807) is 6.92 Å². The molecule has 8 nitrogen and oxygen atoms in total. The Bertz CT molecular complexity index is 1030. The third-order valence-electron chi connectivity index (χ3n) is 3.66. The summed E-state index contributed by atoms with van der Waals surface area (Å²) in [5, 5.41) is 6.47. The van der Waals surface area contributed by atoms with Crippen molar-refractivity contribution in [3.05, 3.63) is 60.5 Å². The van der Waals surface area contributed by atoms with Crippen LogP contribution in [-0.4, -0.2) is 24.5 Å². The highest BCUT2D eigenvalue weighted by molar-refractivity contribution is 7.89. The fourth-order valence-corrected chi connectivity index (χ4v) is 3.58. The first-order valence-electron chi connectivity index (χ1n) is 8.14. The summed E-state index contributed by atoms with van der Waals surface area (Å²) in [6, 6.07) is 14.4. The Labute approximate surface area is 156 Å². The second kappa shape index (κ2) is 7.68. The average molecular weight is 386 g/mol. The molecule has 0 aliphatic rings. The zero-order valence-electron chi connectivity index (χ0n) is 14.7. The molecule has 0 saturated carbocycles. The molecule has 2 aromatic carbocycles. The number of hydrogen-bond acceptors (Lipinski definition) is 6. The minimum atomic E-state index is -3.80. The number of sulfonamides is 1. The molecule has 0 radical (unpaired) electrons. The van der Waals surface area contributed by atoms with Gasteiger partial charge in [0.05, 0.1) is 10.9 Å². The lowest BCUT2D eigenvalue weighted by Crippen LogP contribution is -2.27. The fourth-order valence-electron chi connectivity index (χ4n) is 2.39. The van der Waals surface area contributed by atoms with E-state index in [4.69, 9.17) is 4.52 Å². The Balaban J connectivity index is 1.74. The number of rotatable bonds is 6. The molecule has 0 spiro atoms. The lowest BCUT2D eigenvalue weighted by atomic mass is 10.2. The first kappa shape index (κ1) is 18.7. The maximum absolute atomic E-state index is 12.5. The normalized spacial score (nSPS) is 12.5. The second-order valence-electron chi connectivity index (χ2n) is 5.87. The monoisotopic (exact) mass is 386 g/mol. The van der Waals surface area contributed by atoms with Gasteiger partial charge in [-0.1, -0.05) is 35.5 Å². The van der Waals surface area contributed by atoms with Crippen LogP contribution >= 0.6 is 0 Å². The first-order valence-corrected chi connectivity index (χ1v) is 9.62. The Morgan fingerprint density at radius 1 is 1.07 bits per heavy atom. The molecule has 9 heteroatoms. The van der Waals surface area contributed by atoms with Crippen molar-refractivity contribution in [2.45, 2.75) is 24.8 Å². The minimum Gasteiger partial charge on any atom is -0.337 e. The quantitative estimate of drug-likeness (QED) is 0.673. The summed E-state index contributed by atoms with van der Waals surface area (Å²) in [5.74, 6) is 0.312. The van der Waals surface area contributed by atoms with E-state index in [9.17, 15) is 13.2 Å². The van der Waals surface area contributed by atoms with Gasteiger partial charge >= 0.3 is 0 Å². The van der Waals surface area contributed by atoms with Crippen LogP contribution in [0.5, 0.6) is 0 Å². The molecule has 1 aromatic heterocycles. The SMILES string of the molecule is CC(=O)Nc1ccc(S(=O)(=O)N[C@@H](C)c2nc(-c3ccccc3)no2)cc1. The molecule has 0 unspecified atom stereocenters. The van der Waals surface area contributed by atoms with Crippen LogP contribution in [0.3, 0.4) is 0 Å². The molecular weight excluding hydrogens is 368 g/mol. The minimum absolute atomic E-state index is 0.0613. The van der Waals surface area contributed by atoms with E-state index < -0.39 is 16.1 Å². The van der Waals surface area contributed by atoms with E-state index in [2.05, 4.69) is 20.2 Å². The van der Waals surface area contributed by atoms with Crippen LogP contribution in [-0.2, 0) is 14.8 Å². The molecule has 3 rings (SSSR count). The summed E-state index contributed by atoms with van der Waals surface area (Å²) in [6.45, 7) is 2.99. The number of carbonyl (C=O) groups excluding carboxylic acids is 1. The summed E-state index contributed by atoms with van der Waals surface area (Å²) in [6.07, 6.45) is 0. The number of aromatic nitrogens is 2. The van der Waals surface area contributed by atoms with Crippen LogP contribution in [0, 0.1) is 0 Å². The Morgan fingerprint density at radius 3 is 2.37 bits per heavy atom. The van der Waals surface area contributed by atoms with Gasteiger partial charge in [0.25, 0.3) is 0 Å². The number of hydrogen-bond donors (Lipinski definition) is 2. The Morgan fingerprint density at radius 2 is 1.74 bits per heavy atom. The van der Waals surface area contributed by atoms with Crippen molar-refractivity contribution in [3.63, 3.8) is 0 Å². The summed E-state index contributed by atoms with van der Waals surface area (Å²) in [7, 11) is -3.80. The van der Waals surface area contributed by atoms with Gasteiger partial charge in [0.15, 0.2) is 0 Å². The molecular formula is C18H18N4O4S. The van der Waals surface area contributed by atoms with Crippen LogP contribution < -0.4 is 10.0 Å². The summed E-state index contributed by atoms with van der Waals surface area (Å²) >= 11 is 0. The highest BCUT2D eigenvalue weighted by atomic mass is 32.2. The van der Waals surface area contributed by atoms with Gasteiger partial charge in [-0.15, -0.1) is 0 Å². The van der Waals surface area contributed by atoms with Crippen LogP contribution in [0.2, 0.25) is 0 Å². The van der Waals surface area contributed by atoms with Gasteiger partial charge in [0.1, 0.15) is 0 Å². The molecule has 0 fully saturated rings. The lowest BCUT2D eigenvalue weighted by molar-refractivity contribution is -0.114. The molecule has 1 amide bonds. The van der Waals surface area contributed by atoms with E-state index in [0.717, 1.165) is 5.56 Å². The van der Waals surface area contributed by atoms with E-state index >= 15 is 0 Å². The summed E-state index contributed by atoms with van der Waals surface area (Å²) in [5.41, 5.74) is 1.29. The number of carbonyl (C=O) groups is 1. The van der Waals surface area contributed by atoms with Crippen molar-refractivity contribution in [2.75, 3.05) is 5.32 Å². The van der Waals surface area contributed by atoms with Crippen LogP contribution in [0.1, 0.15) is 25.8 Å². The number of amides is 1. The fraction of sp³-hybridized carbons (Fsp3) is 0.167. The van der Waals surface area contributed by atoms with E-state index in [1.165, 1.54) is 31.2 Å². The third-order valence-corrected chi connectivity index (χ3v) is 5.22. The molecule has 2 N–H and O–H groups in total. The zero-order chi connectivity index (χ0) is 19.4. The van der Waals surface area contributed by atoms with Crippen LogP contribution in [0.4, 0.5) is 5.69 Å². The number of anilines is 1. The van der Waals surface area contributed by atoms with E-state index in [0.29, 0.717) is 11.5 Å². The topological polar surface area (TPSA) is 114 Å². The van der Waals surface area contributed by atoms with Crippen molar-refractivity contribution >= 4 is 21.6 Å². The molecule has 0 aliphatic heterocycles. The van der Waals surface area contributed by atoms with Gasteiger partial charge in [0.2, 0.25) is 27.6 Å². The van der Waals surface area contributed by atoms with Gasteiger partial charge in [-0.2, -0.15) is 9.71 Å². The highest BCUT2D eigenvalue weighted by Gasteiger charge is 2.22. The Hall–Kier alpha value is -3.04. The summed E-state index contributed by atoms with van der Waals surface area (Å²) < 4.78 is 32.8. The molecule has 0 bridgehead atoms. The first-order chi connectivity index (χ1) is 12.8. The van der Waals surface area contributed by atoms with Crippen molar-refractivity contribution in [1.82, 2.24) is 14.9 Å². The van der Waals surface area contributed by atoms with E-state index in [1.807, 2.05) is 30.3 Å². The number of benzene rings is 2. The number of nitrogens with one attached hydrogen (secondary N) is 2.